The van der Waals surface area contributed by atoms with Gasteiger partial charge in [0.25, 0.3) is 5.91 Å². The molecule has 0 unspecified atom stereocenters. The second kappa shape index (κ2) is 5.89. The molecule has 118 valence electrons. The molecule has 4 heteroatoms. The molecule has 0 bridgehead atoms. The minimum Gasteiger partial charge on any atom is -0.301 e. The number of fused-ring (bicyclic) bond motifs is 1. The van der Waals surface area contributed by atoms with Crippen molar-refractivity contribution in [1.29, 1.82) is 0 Å². The van der Waals surface area contributed by atoms with Gasteiger partial charge in [-0.1, -0.05) is 60.7 Å². The lowest BCUT2D eigenvalue weighted by atomic mass is 9.83. The quantitative estimate of drug-likeness (QED) is 0.870. The van der Waals surface area contributed by atoms with Crippen molar-refractivity contribution in [3.05, 3.63) is 84.1 Å². The van der Waals surface area contributed by atoms with Gasteiger partial charge < -0.3 is 4.90 Å². The normalized spacial score (nSPS) is 17.8. The van der Waals surface area contributed by atoms with Gasteiger partial charge in [-0.15, -0.1) is 0 Å². The zero-order valence-electron chi connectivity index (χ0n) is 13.2. The van der Waals surface area contributed by atoms with Crippen molar-refractivity contribution in [2.45, 2.75) is 18.4 Å². The van der Waals surface area contributed by atoms with Gasteiger partial charge in [-0.2, -0.15) is 4.99 Å². The van der Waals surface area contributed by atoms with Crippen LogP contribution in [0, 0.1) is 0 Å². The van der Waals surface area contributed by atoms with Crippen molar-refractivity contribution in [3.8, 4) is 0 Å². The Morgan fingerprint density at radius 2 is 1.46 bits per heavy atom. The minimum atomic E-state index is -0.758. The smallest absolute Gasteiger partial charge is 0.275 e. The van der Waals surface area contributed by atoms with Gasteiger partial charge in [-0.3, -0.25) is 4.79 Å². The predicted octanol–water partition coefficient (Wildman–Crippen LogP) is 3.01. The average Bonchev–Trinajstić information content (AvgIpc) is 2.89. The maximum absolute atomic E-state index is 12.9. The van der Waals surface area contributed by atoms with Crippen LogP contribution >= 0.6 is 0 Å². The van der Waals surface area contributed by atoms with Gasteiger partial charge in [-0.05, 0) is 17.2 Å². The zero-order valence-corrected chi connectivity index (χ0v) is 13.2. The number of amides is 1. The second-order valence-electron chi connectivity index (χ2n) is 6.06. The number of carbonyl (C=O) groups excluding carboxylic acids is 1. The highest BCUT2D eigenvalue weighted by molar-refractivity contribution is 6.10. The molecule has 4 nitrogen and oxygen atoms in total. The number of rotatable bonds is 4. The molecule has 2 aromatic carbocycles. The van der Waals surface area contributed by atoms with Gasteiger partial charge in [0.15, 0.2) is 0 Å². The van der Waals surface area contributed by atoms with E-state index in [4.69, 9.17) is 0 Å². The van der Waals surface area contributed by atoms with E-state index in [-0.39, 0.29) is 5.91 Å². The Morgan fingerprint density at radius 3 is 2.04 bits per heavy atom. The Labute approximate surface area is 140 Å². The number of benzene rings is 2. The summed E-state index contributed by atoms with van der Waals surface area (Å²) in [5.41, 5.74) is 1.47. The van der Waals surface area contributed by atoms with E-state index in [0.717, 1.165) is 11.1 Å². The van der Waals surface area contributed by atoms with Crippen LogP contribution in [0.4, 0.5) is 0 Å². The van der Waals surface area contributed by atoms with Crippen LogP contribution < -0.4 is 0 Å². The van der Waals surface area contributed by atoms with Crippen LogP contribution in [0.3, 0.4) is 0 Å². The molecular formula is C20H17N3O. The van der Waals surface area contributed by atoms with E-state index < -0.39 is 5.54 Å². The molecule has 2 aliphatic heterocycles. The summed E-state index contributed by atoms with van der Waals surface area (Å²) in [5.74, 6) is 0.350. The summed E-state index contributed by atoms with van der Waals surface area (Å²) in [6.07, 6.45) is 6.61. The highest BCUT2D eigenvalue weighted by atomic mass is 16.2. The van der Waals surface area contributed by atoms with E-state index in [2.05, 4.69) is 34.3 Å². The summed E-state index contributed by atoms with van der Waals surface area (Å²) in [5, 5.41) is 0. The molecule has 0 spiro atoms. The molecule has 0 fully saturated rings. The van der Waals surface area contributed by atoms with Crippen LogP contribution in [-0.2, 0) is 17.6 Å². The lowest BCUT2D eigenvalue weighted by Gasteiger charge is -2.36. The average molecular weight is 315 g/mol. The Kier molecular flexibility index (Phi) is 3.58. The van der Waals surface area contributed by atoms with Crippen molar-refractivity contribution in [2.24, 2.45) is 9.98 Å². The SMILES string of the molecule is O=C1N=C2N=CC=CN2C1(Cc1ccccc1)Cc1ccccc1. The van der Waals surface area contributed by atoms with Crippen LogP contribution in [0.1, 0.15) is 11.1 Å². The first-order chi connectivity index (χ1) is 11.8. The summed E-state index contributed by atoms with van der Waals surface area (Å²) in [6.45, 7) is 0. The van der Waals surface area contributed by atoms with Crippen LogP contribution in [0.5, 0.6) is 0 Å². The summed E-state index contributed by atoms with van der Waals surface area (Å²) in [7, 11) is 0. The number of carbonyl (C=O) groups is 1. The molecule has 0 saturated heterocycles. The summed E-state index contributed by atoms with van der Waals surface area (Å²) < 4.78 is 0. The van der Waals surface area contributed by atoms with Crippen LogP contribution in [-0.4, -0.2) is 28.5 Å². The third-order valence-electron chi connectivity index (χ3n) is 4.47. The van der Waals surface area contributed by atoms with E-state index in [1.807, 2.05) is 53.6 Å². The Bertz CT molecular complexity index is 796. The minimum absolute atomic E-state index is 0.131. The van der Waals surface area contributed by atoms with Gasteiger partial charge >= 0.3 is 0 Å². The number of guanidine groups is 1. The molecule has 2 aliphatic rings. The van der Waals surface area contributed by atoms with Gasteiger partial charge in [-0.25, -0.2) is 4.99 Å². The molecule has 4 rings (SSSR count). The lowest BCUT2D eigenvalue weighted by molar-refractivity contribution is -0.124. The molecule has 1 amide bonds. The van der Waals surface area contributed by atoms with E-state index in [0.29, 0.717) is 18.8 Å². The largest absolute Gasteiger partial charge is 0.301 e. The number of allylic oxidation sites excluding steroid dienone is 1. The Balaban J connectivity index is 1.77. The number of nitrogens with zero attached hydrogens (tertiary/aromatic N) is 3. The van der Waals surface area contributed by atoms with Gasteiger partial charge in [0, 0.05) is 25.3 Å². The van der Waals surface area contributed by atoms with Gasteiger partial charge in [0.2, 0.25) is 5.96 Å². The second-order valence-corrected chi connectivity index (χ2v) is 6.06. The first-order valence-electron chi connectivity index (χ1n) is 7.99. The molecule has 0 aromatic heterocycles. The number of aliphatic imine (C=N–C) groups is 2. The van der Waals surface area contributed by atoms with Gasteiger partial charge in [0.05, 0.1) is 0 Å². The maximum atomic E-state index is 12.9. The molecule has 0 atom stereocenters. The van der Waals surface area contributed by atoms with E-state index in [9.17, 15) is 4.79 Å². The zero-order chi connectivity index (χ0) is 16.4. The Hall–Kier alpha value is -3.01. The molecule has 0 radical (unpaired) electrons. The maximum Gasteiger partial charge on any atom is 0.275 e. The third-order valence-corrected chi connectivity index (χ3v) is 4.47. The first-order valence-corrected chi connectivity index (χ1v) is 7.99. The Morgan fingerprint density at radius 1 is 0.875 bits per heavy atom. The summed E-state index contributed by atoms with van der Waals surface area (Å²) in [6, 6.07) is 20.2. The fraction of sp³-hybridized carbons (Fsp3) is 0.150. The fourth-order valence-corrected chi connectivity index (χ4v) is 3.33. The van der Waals surface area contributed by atoms with Crippen molar-refractivity contribution in [1.82, 2.24) is 4.90 Å². The summed E-state index contributed by atoms with van der Waals surface area (Å²) >= 11 is 0. The highest BCUT2D eigenvalue weighted by Crippen LogP contribution is 2.34. The van der Waals surface area contributed by atoms with Gasteiger partial charge in [0.1, 0.15) is 5.54 Å². The third kappa shape index (κ3) is 2.46. The van der Waals surface area contributed by atoms with Crippen molar-refractivity contribution >= 4 is 18.1 Å². The highest BCUT2D eigenvalue weighted by Gasteiger charge is 2.50. The van der Waals surface area contributed by atoms with Crippen molar-refractivity contribution < 1.29 is 4.79 Å². The monoisotopic (exact) mass is 315 g/mol. The van der Waals surface area contributed by atoms with E-state index >= 15 is 0 Å². The number of hydrogen-bond acceptors (Lipinski definition) is 3. The van der Waals surface area contributed by atoms with Crippen LogP contribution in [0.25, 0.3) is 0 Å². The first kappa shape index (κ1) is 14.6. The summed E-state index contributed by atoms with van der Waals surface area (Å²) in [4.78, 5) is 23.3. The van der Waals surface area contributed by atoms with Crippen LogP contribution in [0.15, 0.2) is 82.9 Å². The van der Waals surface area contributed by atoms with Crippen molar-refractivity contribution in [3.63, 3.8) is 0 Å². The van der Waals surface area contributed by atoms with Crippen molar-refractivity contribution in [2.75, 3.05) is 0 Å². The molecule has 2 heterocycles. The predicted molar refractivity (Wildman–Crippen MR) is 94.9 cm³/mol. The van der Waals surface area contributed by atoms with E-state index in [1.54, 1.807) is 6.21 Å². The molecule has 0 saturated carbocycles. The molecular weight excluding hydrogens is 298 g/mol. The molecule has 2 aromatic rings. The lowest BCUT2D eigenvalue weighted by Crippen LogP contribution is -2.52. The topological polar surface area (TPSA) is 45.0 Å². The fourth-order valence-electron chi connectivity index (χ4n) is 3.33. The molecule has 0 N–H and O–H groups in total. The standard InChI is InChI=1S/C20H17N3O/c24-18-20(14-16-8-3-1-4-9-16,15-17-10-5-2-6-11-17)23-13-7-12-21-19(23)22-18/h1-13H,14-15H2. The molecule has 0 aliphatic carbocycles. The van der Waals surface area contributed by atoms with Crippen LogP contribution in [0.2, 0.25) is 0 Å². The number of hydrogen-bond donors (Lipinski definition) is 0. The van der Waals surface area contributed by atoms with E-state index in [1.165, 1.54) is 0 Å². The molecule has 24 heavy (non-hydrogen) atoms.